The molecule has 0 aliphatic heterocycles. The molecule has 21 heavy (non-hydrogen) atoms. The topological polar surface area (TPSA) is 64.7 Å². The number of aryl methyl sites for hydroxylation is 1. The Morgan fingerprint density at radius 3 is 2.62 bits per heavy atom. The van der Waals surface area contributed by atoms with Crippen LogP contribution in [0.2, 0.25) is 0 Å². The van der Waals surface area contributed by atoms with Gasteiger partial charge in [-0.2, -0.15) is 10.2 Å². The van der Waals surface area contributed by atoms with Crippen LogP contribution >= 0.6 is 15.9 Å². The zero-order valence-corrected chi connectivity index (χ0v) is 14.3. The Labute approximate surface area is 132 Å². The highest BCUT2D eigenvalue weighted by Crippen LogP contribution is 2.18. The maximum Gasteiger partial charge on any atom is 0.245 e. The van der Waals surface area contributed by atoms with Gasteiger partial charge in [0.25, 0.3) is 0 Å². The molecule has 0 spiro atoms. The molecule has 0 aliphatic rings. The van der Waals surface area contributed by atoms with Gasteiger partial charge in [0, 0.05) is 24.0 Å². The van der Waals surface area contributed by atoms with Gasteiger partial charge in [-0.25, -0.2) is 0 Å². The van der Waals surface area contributed by atoms with Gasteiger partial charge in [0.1, 0.15) is 6.04 Å². The SMILES string of the molecule is CCn1ncc(C(C)NC(=O)C(C)n2cc(Br)cn2)c1C. The van der Waals surface area contributed by atoms with E-state index in [0.29, 0.717) is 0 Å². The Hall–Kier alpha value is -1.63. The van der Waals surface area contributed by atoms with Gasteiger partial charge in [0.05, 0.1) is 22.9 Å². The van der Waals surface area contributed by atoms with Crippen molar-refractivity contribution < 1.29 is 4.79 Å². The molecule has 7 heteroatoms. The second-order valence-electron chi connectivity index (χ2n) is 5.05. The number of nitrogens with zero attached hydrogens (tertiary/aromatic N) is 4. The highest BCUT2D eigenvalue weighted by Gasteiger charge is 2.20. The minimum absolute atomic E-state index is 0.0678. The first-order chi connectivity index (χ1) is 9.93. The van der Waals surface area contributed by atoms with Gasteiger partial charge in [0.2, 0.25) is 5.91 Å². The minimum atomic E-state index is -0.361. The third-order valence-corrected chi connectivity index (χ3v) is 4.02. The third kappa shape index (κ3) is 3.34. The van der Waals surface area contributed by atoms with Crippen molar-refractivity contribution in [2.24, 2.45) is 0 Å². The molecule has 2 aromatic heterocycles. The number of carbonyl (C=O) groups excluding carboxylic acids is 1. The lowest BCUT2D eigenvalue weighted by Gasteiger charge is -2.18. The van der Waals surface area contributed by atoms with Crippen molar-refractivity contribution in [1.29, 1.82) is 0 Å². The van der Waals surface area contributed by atoms with Gasteiger partial charge in [-0.05, 0) is 43.6 Å². The molecule has 2 heterocycles. The monoisotopic (exact) mass is 353 g/mol. The molecule has 0 bridgehead atoms. The maximum atomic E-state index is 12.3. The lowest BCUT2D eigenvalue weighted by Crippen LogP contribution is -2.33. The quantitative estimate of drug-likeness (QED) is 0.898. The summed E-state index contributed by atoms with van der Waals surface area (Å²) < 4.78 is 4.41. The number of aromatic nitrogens is 4. The summed E-state index contributed by atoms with van der Waals surface area (Å²) in [7, 11) is 0. The molecule has 2 unspecified atom stereocenters. The van der Waals surface area contributed by atoms with Crippen LogP contribution in [0.5, 0.6) is 0 Å². The fourth-order valence-corrected chi connectivity index (χ4v) is 2.56. The van der Waals surface area contributed by atoms with Crippen LogP contribution in [0.4, 0.5) is 0 Å². The predicted molar refractivity (Wildman–Crippen MR) is 83.8 cm³/mol. The van der Waals surface area contributed by atoms with Gasteiger partial charge in [-0.3, -0.25) is 14.2 Å². The highest BCUT2D eigenvalue weighted by molar-refractivity contribution is 9.10. The first-order valence-corrected chi connectivity index (χ1v) is 7.75. The van der Waals surface area contributed by atoms with E-state index in [1.807, 2.05) is 38.6 Å². The van der Waals surface area contributed by atoms with E-state index in [0.717, 1.165) is 22.3 Å². The molecule has 0 saturated heterocycles. The highest BCUT2D eigenvalue weighted by atomic mass is 79.9. The van der Waals surface area contributed by atoms with E-state index >= 15 is 0 Å². The second kappa shape index (κ2) is 6.43. The molecule has 2 atom stereocenters. The van der Waals surface area contributed by atoms with Crippen molar-refractivity contribution in [3.8, 4) is 0 Å². The van der Waals surface area contributed by atoms with Gasteiger partial charge in [0.15, 0.2) is 0 Å². The number of nitrogens with one attached hydrogen (secondary N) is 1. The first kappa shape index (κ1) is 15.8. The summed E-state index contributed by atoms with van der Waals surface area (Å²) in [5.74, 6) is -0.0678. The van der Waals surface area contributed by atoms with Gasteiger partial charge >= 0.3 is 0 Å². The Balaban J connectivity index is 2.06. The normalized spacial score (nSPS) is 14.0. The largest absolute Gasteiger partial charge is 0.348 e. The van der Waals surface area contributed by atoms with Crippen LogP contribution in [-0.4, -0.2) is 25.5 Å². The summed E-state index contributed by atoms with van der Waals surface area (Å²) in [5.41, 5.74) is 2.12. The Kier molecular flexibility index (Phi) is 4.82. The standard InChI is InChI=1S/C14H20BrN5O/c1-5-19-10(3)13(7-17-19)9(2)18-14(21)11(4)20-8-12(15)6-16-20/h6-9,11H,5H2,1-4H3,(H,18,21). The number of hydrogen-bond donors (Lipinski definition) is 1. The summed E-state index contributed by atoms with van der Waals surface area (Å²) >= 11 is 3.33. The average Bonchev–Trinajstić information content (AvgIpc) is 3.03. The smallest absolute Gasteiger partial charge is 0.245 e. The Morgan fingerprint density at radius 1 is 1.38 bits per heavy atom. The molecule has 0 aliphatic carbocycles. The number of hydrogen-bond acceptors (Lipinski definition) is 3. The first-order valence-electron chi connectivity index (χ1n) is 6.96. The van der Waals surface area contributed by atoms with E-state index in [-0.39, 0.29) is 18.0 Å². The summed E-state index contributed by atoms with van der Waals surface area (Å²) in [6, 6.07) is -0.445. The molecular weight excluding hydrogens is 334 g/mol. The van der Waals surface area contributed by atoms with Crippen LogP contribution in [0.25, 0.3) is 0 Å². The molecule has 1 amide bonds. The van der Waals surface area contributed by atoms with Crippen LogP contribution in [0.1, 0.15) is 44.1 Å². The van der Waals surface area contributed by atoms with Crippen LogP contribution in [0.3, 0.4) is 0 Å². The summed E-state index contributed by atoms with van der Waals surface area (Å²) in [4.78, 5) is 12.3. The number of amides is 1. The van der Waals surface area contributed by atoms with E-state index in [1.165, 1.54) is 0 Å². The van der Waals surface area contributed by atoms with Crippen molar-refractivity contribution in [3.05, 3.63) is 34.3 Å². The molecule has 6 nitrogen and oxygen atoms in total. The summed E-state index contributed by atoms with van der Waals surface area (Å²) in [5, 5.41) is 11.5. The molecule has 2 aromatic rings. The fraction of sp³-hybridized carbons (Fsp3) is 0.500. The molecule has 114 valence electrons. The predicted octanol–water partition coefficient (Wildman–Crippen LogP) is 2.61. The minimum Gasteiger partial charge on any atom is -0.348 e. The van der Waals surface area contributed by atoms with Crippen molar-refractivity contribution >= 4 is 21.8 Å². The van der Waals surface area contributed by atoms with E-state index in [1.54, 1.807) is 17.1 Å². The third-order valence-electron chi connectivity index (χ3n) is 3.61. The molecule has 0 aromatic carbocycles. The number of carbonyl (C=O) groups is 1. The summed E-state index contributed by atoms with van der Waals surface area (Å²) in [6.45, 7) is 8.68. The molecule has 2 rings (SSSR count). The van der Waals surface area contributed by atoms with Crippen molar-refractivity contribution in [3.63, 3.8) is 0 Å². The number of halogens is 1. The maximum absolute atomic E-state index is 12.3. The van der Waals surface area contributed by atoms with Crippen molar-refractivity contribution in [2.45, 2.75) is 46.3 Å². The zero-order chi connectivity index (χ0) is 15.6. The van der Waals surface area contributed by atoms with Gasteiger partial charge in [-0.15, -0.1) is 0 Å². The van der Waals surface area contributed by atoms with Crippen LogP contribution in [0, 0.1) is 6.92 Å². The Morgan fingerprint density at radius 2 is 2.10 bits per heavy atom. The lowest BCUT2D eigenvalue weighted by atomic mass is 10.1. The molecule has 1 N–H and O–H groups in total. The zero-order valence-electron chi connectivity index (χ0n) is 12.7. The lowest BCUT2D eigenvalue weighted by molar-refractivity contribution is -0.124. The molecular formula is C14H20BrN5O. The van der Waals surface area contributed by atoms with Crippen molar-refractivity contribution in [1.82, 2.24) is 24.9 Å². The molecule has 0 saturated carbocycles. The van der Waals surface area contributed by atoms with E-state index in [2.05, 4.69) is 31.4 Å². The van der Waals surface area contributed by atoms with Crippen LogP contribution < -0.4 is 5.32 Å². The van der Waals surface area contributed by atoms with Gasteiger partial charge in [-0.1, -0.05) is 0 Å². The number of rotatable bonds is 5. The van der Waals surface area contributed by atoms with Crippen LogP contribution in [0.15, 0.2) is 23.1 Å². The Bertz CT molecular complexity index is 633. The van der Waals surface area contributed by atoms with Crippen LogP contribution in [-0.2, 0) is 11.3 Å². The summed E-state index contributed by atoms with van der Waals surface area (Å²) in [6.07, 6.45) is 5.27. The average molecular weight is 354 g/mol. The van der Waals surface area contributed by atoms with E-state index in [4.69, 9.17) is 0 Å². The molecule has 0 fully saturated rings. The van der Waals surface area contributed by atoms with Gasteiger partial charge < -0.3 is 5.32 Å². The molecule has 0 radical (unpaired) electrons. The second-order valence-corrected chi connectivity index (χ2v) is 5.96. The van der Waals surface area contributed by atoms with E-state index in [9.17, 15) is 4.79 Å². The van der Waals surface area contributed by atoms with Crippen molar-refractivity contribution in [2.75, 3.05) is 0 Å². The fourth-order valence-electron chi connectivity index (χ4n) is 2.26. The van der Waals surface area contributed by atoms with E-state index < -0.39 is 0 Å².